The summed E-state index contributed by atoms with van der Waals surface area (Å²) in [5, 5.41) is 2.44. The van der Waals surface area contributed by atoms with E-state index >= 15 is 0 Å². The molecule has 0 atom stereocenters. The Kier molecular flexibility index (Phi) is 6.10. The molecule has 5 rings (SSSR count). The molecule has 0 radical (unpaired) electrons. The van der Waals surface area contributed by atoms with Gasteiger partial charge in [-0.1, -0.05) is 54.2 Å². The van der Waals surface area contributed by atoms with Gasteiger partial charge >= 0.3 is 0 Å². The molecule has 2 aliphatic heterocycles. The van der Waals surface area contributed by atoms with Crippen molar-refractivity contribution in [2.45, 2.75) is 25.7 Å². The number of hydrogen-bond acceptors (Lipinski definition) is 3. The van der Waals surface area contributed by atoms with Gasteiger partial charge in [0.2, 0.25) is 5.36 Å². The van der Waals surface area contributed by atoms with E-state index in [1.165, 1.54) is 26.5 Å². The third-order valence-electron chi connectivity index (χ3n) is 6.20. The van der Waals surface area contributed by atoms with Crippen LogP contribution in [0.5, 0.6) is 0 Å². The predicted octanol–water partition coefficient (Wildman–Crippen LogP) is 6.79. The summed E-state index contributed by atoms with van der Waals surface area (Å²) in [7, 11) is 0. The second-order valence-corrected chi connectivity index (χ2v) is 9.14. The van der Waals surface area contributed by atoms with Gasteiger partial charge in [-0.25, -0.2) is 4.58 Å². The fourth-order valence-corrected chi connectivity index (χ4v) is 5.65. The third-order valence-corrected chi connectivity index (χ3v) is 7.31. The lowest BCUT2D eigenvalue weighted by Crippen LogP contribution is -2.29. The molecule has 0 spiro atoms. The maximum atomic E-state index is 6.47. The summed E-state index contributed by atoms with van der Waals surface area (Å²) < 4.78 is 8.82. The lowest BCUT2D eigenvalue weighted by atomic mass is 10.0. The van der Waals surface area contributed by atoms with Gasteiger partial charge in [0.25, 0.3) is 0 Å². The molecule has 0 fully saturated rings. The highest BCUT2D eigenvalue weighted by molar-refractivity contribution is 8.03. The summed E-state index contributed by atoms with van der Waals surface area (Å²) in [6.07, 6.45) is 2.32. The van der Waals surface area contributed by atoms with Crippen molar-refractivity contribution in [1.82, 2.24) is 4.58 Å². The molecule has 166 valence electrons. The first-order chi connectivity index (χ1) is 16.2. The van der Waals surface area contributed by atoms with Gasteiger partial charge in [0.1, 0.15) is 24.6 Å². The lowest BCUT2D eigenvalue weighted by Gasteiger charge is -2.19. The average molecular weight is 454 g/mol. The zero-order chi connectivity index (χ0) is 22.8. The van der Waals surface area contributed by atoms with Crippen LogP contribution in [0.15, 0.2) is 93.2 Å². The number of nitrogens with zero attached hydrogens (tertiary/aromatic N) is 2. The molecule has 33 heavy (non-hydrogen) atoms. The van der Waals surface area contributed by atoms with E-state index in [0.29, 0.717) is 0 Å². The van der Waals surface area contributed by atoms with Gasteiger partial charge in [-0.15, -0.1) is 0 Å². The quantitative estimate of drug-likeness (QED) is 0.310. The highest BCUT2D eigenvalue weighted by Crippen LogP contribution is 2.47. The van der Waals surface area contributed by atoms with E-state index in [-0.39, 0.29) is 0 Å². The Morgan fingerprint density at radius 2 is 1.61 bits per heavy atom. The van der Waals surface area contributed by atoms with Crippen molar-refractivity contribution in [3.8, 4) is 22.6 Å². The summed E-state index contributed by atoms with van der Waals surface area (Å²) >= 11 is 1.84. The molecule has 1 aliphatic carbocycles. The molecular formula is C29H29N2OS+. The highest BCUT2D eigenvalue weighted by Gasteiger charge is 2.24. The molecule has 2 aromatic carbocycles. The smallest absolute Gasteiger partial charge is 0.203 e. The van der Waals surface area contributed by atoms with Crippen LogP contribution >= 0.6 is 11.8 Å². The van der Waals surface area contributed by atoms with Crippen molar-refractivity contribution in [1.29, 1.82) is 0 Å². The fourth-order valence-electron chi connectivity index (χ4n) is 4.47. The van der Waals surface area contributed by atoms with Crippen molar-refractivity contribution >= 4 is 23.5 Å². The second-order valence-electron chi connectivity index (χ2n) is 8.08. The van der Waals surface area contributed by atoms with Crippen LogP contribution in [-0.2, 0) is 0 Å². The summed E-state index contributed by atoms with van der Waals surface area (Å²) in [6.45, 7) is 9.46. The second kappa shape index (κ2) is 9.32. The minimum absolute atomic E-state index is 0.884. The fraction of sp³-hybridized carbons (Fsp3) is 0.207. The maximum Gasteiger partial charge on any atom is 0.203 e. The van der Waals surface area contributed by atoms with Crippen LogP contribution in [0.4, 0.5) is 5.69 Å². The number of para-hydroxylation sites is 1. The largest absolute Gasteiger partial charge is 0.456 e. The first-order valence-corrected chi connectivity index (χ1v) is 12.5. The number of fused-ring (bicyclic) bond motifs is 2. The van der Waals surface area contributed by atoms with Crippen LogP contribution in [0.1, 0.15) is 26.3 Å². The summed E-state index contributed by atoms with van der Waals surface area (Å²) in [4.78, 5) is 3.70. The van der Waals surface area contributed by atoms with E-state index in [1.54, 1.807) is 0 Å². The molecule has 4 heteroatoms. The maximum absolute atomic E-state index is 6.47. The molecular weight excluding hydrogens is 424 g/mol. The van der Waals surface area contributed by atoms with Crippen LogP contribution in [0, 0.1) is 0 Å². The van der Waals surface area contributed by atoms with E-state index in [1.807, 2.05) is 17.8 Å². The van der Waals surface area contributed by atoms with Gasteiger partial charge < -0.3 is 9.32 Å². The van der Waals surface area contributed by atoms with E-state index < -0.39 is 0 Å². The molecule has 0 amide bonds. The highest BCUT2D eigenvalue weighted by atomic mass is 32.2. The first kappa shape index (κ1) is 21.6. The van der Waals surface area contributed by atoms with Crippen molar-refractivity contribution in [2.75, 3.05) is 24.5 Å². The normalized spacial score (nSPS) is 14.2. The molecule has 0 unspecified atom stereocenters. The Labute approximate surface area is 200 Å². The van der Waals surface area contributed by atoms with Gasteiger partial charge in [0.15, 0.2) is 0 Å². The molecule has 0 N–H and O–H groups in total. The predicted molar refractivity (Wildman–Crippen MR) is 140 cm³/mol. The number of benzene rings is 3. The number of thioether (sulfide) groups is 1. The van der Waals surface area contributed by atoms with Gasteiger partial charge in [-0.2, -0.15) is 0 Å². The lowest BCUT2D eigenvalue weighted by molar-refractivity contribution is 0.574. The number of anilines is 1. The van der Waals surface area contributed by atoms with Crippen molar-refractivity contribution in [2.24, 2.45) is 0 Å². The summed E-state index contributed by atoms with van der Waals surface area (Å²) in [5.74, 6) is 1.80. The van der Waals surface area contributed by atoms with Gasteiger partial charge in [0.05, 0.1) is 16.8 Å². The molecule has 3 nitrogen and oxygen atoms in total. The zero-order valence-electron chi connectivity index (χ0n) is 19.4. The molecule has 2 aromatic rings. The molecule has 0 aromatic heterocycles. The van der Waals surface area contributed by atoms with Crippen LogP contribution in [0.2, 0.25) is 0 Å². The van der Waals surface area contributed by atoms with E-state index in [4.69, 9.17) is 4.42 Å². The summed E-state index contributed by atoms with van der Waals surface area (Å²) in [5.41, 5.74) is 4.68. The monoisotopic (exact) mass is 453 g/mol. The zero-order valence-corrected chi connectivity index (χ0v) is 20.2. The standard InChI is InChI=1S/C29H29N2OS/c1-4-30(5-2)23-16-17-24-22(18-26(32-27(24)20-23)21-12-8-7-9-13-21)19-29-31(6-3)25-14-10-11-15-28(25)33-29/h7-20H,4-6H2,1-3H3/q+1. The topological polar surface area (TPSA) is 19.4 Å². The van der Waals surface area contributed by atoms with Crippen LogP contribution in [-0.4, -0.2) is 19.6 Å². The van der Waals surface area contributed by atoms with Crippen LogP contribution in [0.3, 0.4) is 0 Å². The van der Waals surface area contributed by atoms with E-state index in [9.17, 15) is 0 Å². The van der Waals surface area contributed by atoms with Crippen LogP contribution < -0.4 is 14.8 Å². The van der Waals surface area contributed by atoms with Crippen LogP contribution in [0.25, 0.3) is 28.7 Å². The average Bonchev–Trinajstić information content (AvgIpc) is 3.22. The Morgan fingerprint density at radius 1 is 0.848 bits per heavy atom. The Bertz CT molecular complexity index is 1350. The van der Waals surface area contributed by atoms with E-state index in [0.717, 1.165) is 42.3 Å². The van der Waals surface area contributed by atoms with Gasteiger partial charge in [0, 0.05) is 28.6 Å². The van der Waals surface area contributed by atoms with E-state index in [2.05, 4.69) is 109 Å². The first-order valence-electron chi connectivity index (χ1n) is 11.7. The number of hydrogen-bond donors (Lipinski definition) is 0. The molecule has 0 saturated heterocycles. The molecule has 2 heterocycles. The van der Waals surface area contributed by atoms with Crippen molar-refractivity contribution < 1.29 is 4.42 Å². The van der Waals surface area contributed by atoms with Gasteiger partial charge in [-0.05, 0) is 56.7 Å². The van der Waals surface area contributed by atoms with Gasteiger partial charge in [-0.3, -0.25) is 0 Å². The third kappa shape index (κ3) is 4.11. The Morgan fingerprint density at radius 3 is 2.36 bits per heavy atom. The SMILES string of the molecule is CCN1/C(=C/c2cc(-c3ccccc3)oc3cc(=[N+](CC)CC)ccc2-3)Sc2ccccc21. The number of rotatable bonds is 5. The molecule has 3 aliphatic rings. The Balaban J connectivity index is 1.71. The minimum Gasteiger partial charge on any atom is -0.456 e. The Hall–Kier alpha value is -3.24. The van der Waals surface area contributed by atoms with Crippen molar-refractivity contribution in [3.05, 3.63) is 94.8 Å². The molecule has 0 saturated carbocycles. The molecule has 0 bridgehead atoms. The summed E-state index contributed by atoms with van der Waals surface area (Å²) in [6, 6.07) is 27.8. The minimum atomic E-state index is 0.884. The van der Waals surface area contributed by atoms with Crippen molar-refractivity contribution in [3.63, 3.8) is 0 Å².